The molecular formula is C42H54FN6O8P. The first-order valence-electron chi connectivity index (χ1n) is 20.0. The van der Waals surface area contributed by atoms with Crippen LogP contribution in [0.3, 0.4) is 0 Å². The number of nitrogens with one attached hydrogen (secondary N) is 1. The SMILES string of the molecule is C#C[C@]1(CO[P@@](=O)(NC(Cc2ccccc2)C(=O)OC(CCC)CCC)Oc2ccccc2)O[C@@H](n2cnc3c(N)nc(F)nc32)C[C@@H]1OC(=O)CCCCCCC. The van der Waals surface area contributed by atoms with Crippen molar-refractivity contribution in [1.29, 1.82) is 0 Å². The van der Waals surface area contributed by atoms with Gasteiger partial charge in [-0.25, -0.2) is 9.55 Å². The maximum atomic E-state index is 15.1. The molecule has 2 aromatic carbocycles. The highest BCUT2D eigenvalue weighted by Crippen LogP contribution is 2.49. The van der Waals surface area contributed by atoms with E-state index in [4.69, 9.17) is 35.4 Å². The van der Waals surface area contributed by atoms with Gasteiger partial charge in [-0.05, 0) is 43.4 Å². The van der Waals surface area contributed by atoms with Crippen molar-refractivity contribution in [2.45, 2.75) is 128 Å². The van der Waals surface area contributed by atoms with E-state index in [1.54, 1.807) is 30.3 Å². The summed E-state index contributed by atoms with van der Waals surface area (Å²) in [6.45, 7) is 5.50. The summed E-state index contributed by atoms with van der Waals surface area (Å²) in [5, 5.41) is 2.87. The van der Waals surface area contributed by atoms with Gasteiger partial charge in [0, 0.05) is 12.8 Å². The summed E-state index contributed by atoms with van der Waals surface area (Å²) in [5.41, 5.74) is 4.98. The average Bonchev–Trinajstić information content (AvgIpc) is 3.79. The van der Waals surface area contributed by atoms with Crippen molar-refractivity contribution in [3.05, 3.63) is 78.6 Å². The molecule has 58 heavy (non-hydrogen) atoms. The first kappa shape index (κ1) is 44.2. The molecule has 0 aliphatic carbocycles. The van der Waals surface area contributed by atoms with Gasteiger partial charge in [-0.2, -0.15) is 19.4 Å². The molecule has 0 spiro atoms. The second kappa shape index (κ2) is 21.2. The molecule has 0 bridgehead atoms. The van der Waals surface area contributed by atoms with Crippen LogP contribution in [0, 0.1) is 18.4 Å². The lowest BCUT2D eigenvalue weighted by atomic mass is 9.98. The molecule has 0 amide bonds. The Labute approximate surface area is 339 Å². The number of carbonyl (C=O) groups is 2. The molecular weight excluding hydrogens is 766 g/mol. The van der Waals surface area contributed by atoms with E-state index in [9.17, 15) is 14.0 Å². The van der Waals surface area contributed by atoms with E-state index in [0.29, 0.717) is 19.3 Å². The predicted octanol–water partition coefficient (Wildman–Crippen LogP) is 8.03. The number of hydrogen-bond acceptors (Lipinski definition) is 12. The van der Waals surface area contributed by atoms with Crippen molar-refractivity contribution >= 4 is 36.7 Å². The monoisotopic (exact) mass is 820 g/mol. The van der Waals surface area contributed by atoms with E-state index >= 15 is 4.57 Å². The van der Waals surface area contributed by atoms with Gasteiger partial charge in [-0.3, -0.25) is 18.7 Å². The van der Waals surface area contributed by atoms with E-state index in [1.807, 2.05) is 44.2 Å². The molecule has 2 aromatic heterocycles. The average molecular weight is 821 g/mol. The van der Waals surface area contributed by atoms with Crippen LogP contribution in [0.5, 0.6) is 5.75 Å². The zero-order chi connectivity index (χ0) is 41.5. The van der Waals surface area contributed by atoms with E-state index < -0.39 is 56.3 Å². The first-order valence-corrected chi connectivity index (χ1v) is 21.6. The fourth-order valence-electron chi connectivity index (χ4n) is 6.83. The van der Waals surface area contributed by atoms with Gasteiger partial charge < -0.3 is 24.5 Å². The molecule has 5 atom stereocenters. The Balaban J connectivity index is 1.47. The Morgan fingerprint density at radius 2 is 1.72 bits per heavy atom. The molecule has 3 heterocycles. The molecule has 1 saturated heterocycles. The van der Waals surface area contributed by atoms with Crippen LogP contribution < -0.4 is 15.3 Å². The third kappa shape index (κ3) is 11.9. The maximum Gasteiger partial charge on any atom is 0.459 e. The van der Waals surface area contributed by atoms with Gasteiger partial charge in [0.1, 0.15) is 36.8 Å². The largest absolute Gasteiger partial charge is 0.461 e. The lowest BCUT2D eigenvalue weighted by molar-refractivity contribution is -0.158. The number of terminal acetylenes is 1. The van der Waals surface area contributed by atoms with E-state index in [-0.39, 0.29) is 48.1 Å². The first-order chi connectivity index (χ1) is 28.0. The summed E-state index contributed by atoms with van der Waals surface area (Å²) in [6, 6.07) is 16.3. The summed E-state index contributed by atoms with van der Waals surface area (Å²) >= 11 is 0. The third-order valence-corrected chi connectivity index (χ3v) is 11.4. The van der Waals surface area contributed by atoms with Gasteiger partial charge in [0.25, 0.3) is 0 Å². The van der Waals surface area contributed by atoms with Crippen LogP contribution in [0.4, 0.5) is 10.2 Å². The lowest BCUT2D eigenvalue weighted by Gasteiger charge is -2.31. The fraction of sp³-hybridized carbons (Fsp3) is 0.500. The number of imidazole rings is 1. The number of unbranched alkanes of at least 4 members (excludes halogenated alkanes) is 4. The van der Waals surface area contributed by atoms with Crippen molar-refractivity contribution in [3.63, 3.8) is 0 Å². The number of carbonyl (C=O) groups excluding carboxylic acids is 2. The molecule has 1 aliphatic heterocycles. The second-order valence-corrected chi connectivity index (χ2v) is 16.1. The van der Waals surface area contributed by atoms with Crippen LogP contribution in [0.25, 0.3) is 11.2 Å². The van der Waals surface area contributed by atoms with Crippen molar-refractivity contribution < 1.29 is 41.8 Å². The minimum absolute atomic E-state index is 0.0243. The highest BCUT2D eigenvalue weighted by molar-refractivity contribution is 7.52. The van der Waals surface area contributed by atoms with Crippen LogP contribution in [0.1, 0.15) is 103 Å². The van der Waals surface area contributed by atoms with Gasteiger partial charge in [0.15, 0.2) is 22.6 Å². The molecule has 5 rings (SSSR count). The third-order valence-electron chi connectivity index (χ3n) is 9.82. The number of para-hydroxylation sites is 1. The molecule has 4 aromatic rings. The highest BCUT2D eigenvalue weighted by Gasteiger charge is 2.53. The van der Waals surface area contributed by atoms with Crippen LogP contribution in [0.15, 0.2) is 67.0 Å². The van der Waals surface area contributed by atoms with Crippen LogP contribution in [0.2, 0.25) is 0 Å². The number of fused-ring (bicyclic) bond motifs is 1. The fourth-order valence-corrected chi connectivity index (χ4v) is 8.35. The maximum absolute atomic E-state index is 15.1. The highest BCUT2D eigenvalue weighted by atomic mass is 31.2. The predicted molar refractivity (Wildman–Crippen MR) is 217 cm³/mol. The van der Waals surface area contributed by atoms with Gasteiger partial charge >= 0.3 is 25.8 Å². The number of anilines is 1. The summed E-state index contributed by atoms with van der Waals surface area (Å²) in [4.78, 5) is 39.0. The smallest absolute Gasteiger partial charge is 0.459 e. The van der Waals surface area contributed by atoms with Gasteiger partial charge in [0.05, 0.1) is 6.33 Å². The molecule has 0 radical (unpaired) electrons. The quantitative estimate of drug-likeness (QED) is 0.0242. The molecule has 0 saturated carbocycles. The molecule has 1 unspecified atom stereocenters. The number of benzene rings is 2. The number of halogens is 1. The van der Waals surface area contributed by atoms with Crippen molar-refractivity contribution in [2.24, 2.45) is 0 Å². The molecule has 1 fully saturated rings. The minimum Gasteiger partial charge on any atom is -0.461 e. The van der Waals surface area contributed by atoms with E-state index in [2.05, 4.69) is 32.9 Å². The number of nitrogens with zero attached hydrogens (tertiary/aromatic N) is 4. The molecule has 14 nitrogen and oxygen atoms in total. The van der Waals surface area contributed by atoms with Gasteiger partial charge in [-0.15, -0.1) is 6.42 Å². The van der Waals surface area contributed by atoms with Crippen LogP contribution in [-0.4, -0.2) is 61.9 Å². The Bertz CT molecular complexity index is 2030. The van der Waals surface area contributed by atoms with Crippen molar-refractivity contribution in [1.82, 2.24) is 24.6 Å². The summed E-state index contributed by atoms with van der Waals surface area (Å²) < 4.78 is 61.6. The summed E-state index contributed by atoms with van der Waals surface area (Å²) in [7, 11) is -4.56. The number of nitrogens with two attached hydrogens (primary N) is 1. The van der Waals surface area contributed by atoms with Crippen molar-refractivity contribution in [3.8, 4) is 18.1 Å². The molecule has 16 heteroatoms. The Morgan fingerprint density at radius 3 is 2.40 bits per heavy atom. The normalized spacial score (nSPS) is 19.4. The minimum atomic E-state index is -4.56. The van der Waals surface area contributed by atoms with Crippen molar-refractivity contribution in [2.75, 3.05) is 12.3 Å². The molecule has 3 N–H and O–H groups in total. The molecule has 1 aliphatic rings. The Hall–Kier alpha value is -4.87. The van der Waals surface area contributed by atoms with Gasteiger partial charge in [0.2, 0.25) is 0 Å². The lowest BCUT2D eigenvalue weighted by Crippen LogP contribution is -2.46. The second-order valence-electron chi connectivity index (χ2n) is 14.4. The number of nitrogen functional groups attached to an aromatic ring is 1. The number of ether oxygens (including phenoxy) is 3. The standard InChI is InChI=1S/C42H54FN6O8P/c1-5-9-10-11-18-25-36(50)55-34-27-35(49-29-45-37-38(44)46-41(43)47-39(37)49)56-42(34,8-4)28-53-58(52,57-32-23-16-13-17-24-32)48-33(26-30-21-14-12-15-22-30)40(51)54-31(19-6-2)20-7-3/h4,12-17,21-24,29,31,33-35H,5-7,9-11,18-20,25-28H2,1-3H3,(H,48,52)(H2,44,46,47)/t33?,34-,35+,42+,58-/m0/s1. The van der Waals surface area contributed by atoms with Gasteiger partial charge in [-0.1, -0.05) is 114 Å². The Morgan fingerprint density at radius 1 is 1.03 bits per heavy atom. The topological polar surface area (TPSA) is 179 Å². The summed E-state index contributed by atoms with van der Waals surface area (Å²) in [5.74, 6) is 1.45. The summed E-state index contributed by atoms with van der Waals surface area (Å²) in [6.07, 6.45) is 11.6. The zero-order valence-corrected chi connectivity index (χ0v) is 34.3. The zero-order valence-electron chi connectivity index (χ0n) is 33.4. The molecule has 312 valence electrons. The number of aromatic nitrogens is 4. The van der Waals surface area contributed by atoms with E-state index in [1.165, 1.54) is 10.9 Å². The number of rotatable bonds is 23. The van der Waals surface area contributed by atoms with Crippen LogP contribution in [-0.2, 0) is 39.3 Å². The van der Waals surface area contributed by atoms with E-state index in [0.717, 1.165) is 44.1 Å². The van der Waals surface area contributed by atoms with Crippen LogP contribution >= 0.6 is 7.75 Å². The number of esters is 2. The Kier molecular flexibility index (Phi) is 16.2. The number of hydrogen-bond donors (Lipinski definition) is 2.